The molecule has 0 radical (unpaired) electrons. The van der Waals surface area contributed by atoms with Gasteiger partial charge in [-0.15, -0.1) is 11.3 Å². The van der Waals surface area contributed by atoms with Crippen molar-refractivity contribution in [2.45, 2.75) is 19.8 Å². The van der Waals surface area contributed by atoms with Crippen molar-refractivity contribution in [3.8, 4) is 5.75 Å². The van der Waals surface area contributed by atoms with Crippen LogP contribution in [0.3, 0.4) is 0 Å². The van der Waals surface area contributed by atoms with E-state index in [2.05, 4.69) is 20.9 Å². The second kappa shape index (κ2) is 9.82. The first-order valence-electron chi connectivity index (χ1n) is 10.2. The Morgan fingerprint density at radius 1 is 1.07 bits per heavy atom. The van der Waals surface area contributed by atoms with Gasteiger partial charge in [0.15, 0.2) is 0 Å². The summed E-state index contributed by atoms with van der Waals surface area (Å²) in [5.74, 6) is 0.576. The molecule has 1 fully saturated rings. The molecular formula is C23H26N4O2S. The van der Waals surface area contributed by atoms with Gasteiger partial charge in [-0.25, -0.2) is 9.78 Å². The molecule has 2 aromatic heterocycles. The van der Waals surface area contributed by atoms with Crippen molar-refractivity contribution < 1.29 is 9.53 Å². The van der Waals surface area contributed by atoms with Crippen molar-refractivity contribution in [3.63, 3.8) is 0 Å². The number of ether oxygens (including phenoxy) is 1. The molecule has 1 saturated heterocycles. The molecule has 1 amide bonds. The Morgan fingerprint density at radius 2 is 1.87 bits per heavy atom. The molecule has 1 aromatic carbocycles. The fourth-order valence-electron chi connectivity index (χ4n) is 3.44. The quantitative estimate of drug-likeness (QED) is 0.605. The summed E-state index contributed by atoms with van der Waals surface area (Å²) in [6, 6.07) is 11.8. The van der Waals surface area contributed by atoms with Crippen LogP contribution in [0.2, 0.25) is 0 Å². The lowest BCUT2D eigenvalue weighted by atomic mass is 10.1. The minimum atomic E-state index is -0.275. The zero-order chi connectivity index (χ0) is 20.8. The van der Waals surface area contributed by atoms with E-state index >= 15 is 0 Å². The molecule has 0 bridgehead atoms. The number of hydrogen-bond donors (Lipinski definition) is 0. The topological polar surface area (TPSA) is 58.6 Å². The second-order valence-electron chi connectivity index (χ2n) is 7.52. The normalized spacial score (nSPS) is 14.6. The highest BCUT2D eigenvalue weighted by Gasteiger charge is 2.22. The summed E-state index contributed by atoms with van der Waals surface area (Å²) in [6.45, 7) is 6.11. The van der Waals surface area contributed by atoms with Crippen molar-refractivity contribution in [1.82, 2.24) is 19.8 Å². The molecule has 0 spiro atoms. The maximum Gasteiger partial charge on any atom is 0.415 e. The monoisotopic (exact) mass is 422 g/mol. The Morgan fingerprint density at radius 3 is 2.53 bits per heavy atom. The standard InChI is InChI=1S/C23H26N4O2S/c1-18-2-5-20(25-17-18)16-19-3-6-21(7-4-19)29-23(28)27-13-11-26(12-14-27)10-8-22-24-9-15-30-22/h2-7,9,15,17H,8,10-14,16H2,1H3. The van der Waals surface area contributed by atoms with Gasteiger partial charge >= 0.3 is 6.09 Å². The minimum Gasteiger partial charge on any atom is -0.410 e. The molecule has 30 heavy (non-hydrogen) atoms. The molecule has 6 nitrogen and oxygen atoms in total. The number of pyridine rings is 1. The largest absolute Gasteiger partial charge is 0.415 e. The van der Waals surface area contributed by atoms with E-state index in [9.17, 15) is 4.79 Å². The van der Waals surface area contributed by atoms with E-state index < -0.39 is 0 Å². The number of aryl methyl sites for hydroxylation is 1. The number of carbonyl (C=O) groups is 1. The second-order valence-corrected chi connectivity index (χ2v) is 8.50. The fraction of sp³-hybridized carbons (Fsp3) is 0.348. The van der Waals surface area contributed by atoms with Gasteiger partial charge in [-0.2, -0.15) is 0 Å². The van der Waals surface area contributed by atoms with Crippen LogP contribution in [0, 0.1) is 6.92 Å². The van der Waals surface area contributed by atoms with Crippen LogP contribution in [0.1, 0.15) is 21.8 Å². The third-order valence-corrected chi connectivity index (χ3v) is 6.08. The lowest BCUT2D eigenvalue weighted by Gasteiger charge is -2.33. The van der Waals surface area contributed by atoms with Crippen LogP contribution >= 0.6 is 11.3 Å². The number of amides is 1. The molecule has 3 heterocycles. The number of hydrogen-bond acceptors (Lipinski definition) is 6. The van der Waals surface area contributed by atoms with Crippen LogP contribution in [-0.4, -0.2) is 58.6 Å². The molecule has 0 saturated carbocycles. The number of aromatic nitrogens is 2. The van der Waals surface area contributed by atoms with Crippen LogP contribution in [0.4, 0.5) is 4.79 Å². The number of carbonyl (C=O) groups excluding carboxylic acids is 1. The predicted molar refractivity (Wildman–Crippen MR) is 118 cm³/mol. The van der Waals surface area contributed by atoms with Crippen LogP contribution in [0.15, 0.2) is 54.2 Å². The van der Waals surface area contributed by atoms with Crippen LogP contribution < -0.4 is 4.74 Å². The Labute approximate surface area is 181 Å². The van der Waals surface area contributed by atoms with Gasteiger partial charge in [-0.05, 0) is 36.2 Å². The SMILES string of the molecule is Cc1ccc(Cc2ccc(OC(=O)N3CCN(CCc4nccs4)CC3)cc2)nc1. The highest BCUT2D eigenvalue weighted by molar-refractivity contribution is 7.09. The van der Waals surface area contributed by atoms with Gasteiger partial charge in [0.1, 0.15) is 5.75 Å². The van der Waals surface area contributed by atoms with Crippen LogP contribution in [0.25, 0.3) is 0 Å². The van der Waals surface area contributed by atoms with E-state index in [0.717, 1.165) is 49.3 Å². The average Bonchev–Trinajstić information content (AvgIpc) is 3.29. The average molecular weight is 423 g/mol. The van der Waals surface area contributed by atoms with E-state index in [-0.39, 0.29) is 6.09 Å². The number of nitrogens with zero attached hydrogens (tertiary/aromatic N) is 4. The molecule has 3 aromatic rings. The molecule has 0 unspecified atom stereocenters. The first-order valence-corrected chi connectivity index (χ1v) is 11.1. The zero-order valence-electron chi connectivity index (χ0n) is 17.2. The van der Waals surface area contributed by atoms with Crippen molar-refractivity contribution in [2.75, 3.05) is 32.7 Å². The molecule has 0 N–H and O–H groups in total. The van der Waals surface area contributed by atoms with E-state index in [1.54, 1.807) is 16.2 Å². The molecule has 1 aliphatic heterocycles. The fourth-order valence-corrected chi connectivity index (χ4v) is 4.05. The summed E-state index contributed by atoms with van der Waals surface area (Å²) < 4.78 is 5.57. The van der Waals surface area contributed by atoms with Crippen molar-refractivity contribution in [1.29, 1.82) is 0 Å². The first kappa shape index (κ1) is 20.5. The predicted octanol–water partition coefficient (Wildman–Crippen LogP) is 3.80. The maximum absolute atomic E-state index is 12.5. The highest BCUT2D eigenvalue weighted by atomic mass is 32.1. The third kappa shape index (κ3) is 5.64. The van der Waals surface area contributed by atoms with Gasteiger partial charge in [0.2, 0.25) is 0 Å². The lowest BCUT2D eigenvalue weighted by Crippen LogP contribution is -2.49. The van der Waals surface area contributed by atoms with Gasteiger partial charge in [0, 0.05) is 69.0 Å². The number of benzene rings is 1. The van der Waals surface area contributed by atoms with Gasteiger partial charge in [-0.3, -0.25) is 9.88 Å². The summed E-state index contributed by atoms with van der Waals surface area (Å²) in [6.07, 6.45) is 5.18. The van der Waals surface area contributed by atoms with Gasteiger partial charge in [0.25, 0.3) is 0 Å². The van der Waals surface area contributed by atoms with Crippen LogP contribution in [-0.2, 0) is 12.8 Å². The lowest BCUT2D eigenvalue weighted by molar-refractivity contribution is 0.111. The minimum absolute atomic E-state index is 0.275. The molecular weight excluding hydrogens is 396 g/mol. The summed E-state index contributed by atoms with van der Waals surface area (Å²) >= 11 is 1.69. The molecule has 7 heteroatoms. The molecule has 156 valence electrons. The highest BCUT2D eigenvalue weighted by Crippen LogP contribution is 2.16. The third-order valence-electron chi connectivity index (χ3n) is 5.24. The van der Waals surface area contributed by atoms with Crippen molar-refractivity contribution >= 4 is 17.4 Å². The zero-order valence-corrected chi connectivity index (χ0v) is 18.0. The Hall–Kier alpha value is -2.77. The Balaban J connectivity index is 1.22. The Bertz CT molecular complexity index is 934. The molecule has 0 atom stereocenters. The maximum atomic E-state index is 12.5. The van der Waals surface area contributed by atoms with E-state index in [4.69, 9.17) is 4.74 Å². The molecule has 1 aliphatic rings. The number of piperazine rings is 1. The van der Waals surface area contributed by atoms with Gasteiger partial charge in [0.05, 0.1) is 5.01 Å². The number of rotatable bonds is 6. The van der Waals surface area contributed by atoms with Crippen molar-refractivity contribution in [2.24, 2.45) is 0 Å². The molecule has 4 rings (SSSR count). The Kier molecular flexibility index (Phi) is 6.71. The van der Waals surface area contributed by atoms with E-state index in [1.165, 1.54) is 5.01 Å². The number of thiazole rings is 1. The summed E-state index contributed by atoms with van der Waals surface area (Å²) in [5, 5.41) is 3.17. The van der Waals surface area contributed by atoms with Crippen LogP contribution in [0.5, 0.6) is 5.75 Å². The van der Waals surface area contributed by atoms with Gasteiger partial charge < -0.3 is 9.64 Å². The summed E-state index contributed by atoms with van der Waals surface area (Å²) in [5.41, 5.74) is 3.32. The molecule has 0 aliphatic carbocycles. The summed E-state index contributed by atoms with van der Waals surface area (Å²) in [7, 11) is 0. The summed E-state index contributed by atoms with van der Waals surface area (Å²) in [4.78, 5) is 25.4. The van der Waals surface area contributed by atoms with Crippen molar-refractivity contribution in [3.05, 3.63) is 76.0 Å². The van der Waals surface area contributed by atoms with Gasteiger partial charge in [-0.1, -0.05) is 18.2 Å². The van der Waals surface area contributed by atoms with E-state index in [0.29, 0.717) is 18.8 Å². The smallest absolute Gasteiger partial charge is 0.410 e. The van der Waals surface area contributed by atoms with E-state index in [1.807, 2.05) is 55.0 Å². The first-order chi connectivity index (χ1) is 14.7.